The summed E-state index contributed by atoms with van der Waals surface area (Å²) in [6.07, 6.45) is 0. The van der Waals surface area contributed by atoms with Crippen molar-refractivity contribution in [1.82, 2.24) is 0 Å². The lowest BCUT2D eigenvalue weighted by molar-refractivity contribution is 0.475. The molecule has 2 rings (SSSR count). The van der Waals surface area contributed by atoms with Crippen molar-refractivity contribution in [1.29, 1.82) is 10.5 Å². The molecule has 0 atom stereocenters. The van der Waals surface area contributed by atoms with Crippen LogP contribution in [0.3, 0.4) is 0 Å². The standard InChI is InChI=1S/C14H6ClFN2O/c15-11-2-4-14(10(5-11)8-18)19-12-3-1-9(7-17)13(16)6-12/h1-6H. The van der Waals surface area contributed by atoms with Gasteiger partial charge in [0.25, 0.3) is 0 Å². The van der Waals surface area contributed by atoms with Crippen molar-refractivity contribution in [2.75, 3.05) is 0 Å². The van der Waals surface area contributed by atoms with Crippen LogP contribution in [0.5, 0.6) is 11.5 Å². The molecule has 0 N–H and O–H groups in total. The van der Waals surface area contributed by atoms with E-state index in [-0.39, 0.29) is 22.6 Å². The van der Waals surface area contributed by atoms with Crippen LogP contribution >= 0.6 is 11.6 Å². The number of nitriles is 2. The Morgan fingerprint density at radius 3 is 2.37 bits per heavy atom. The molecule has 3 nitrogen and oxygen atoms in total. The Labute approximate surface area is 114 Å². The van der Waals surface area contributed by atoms with E-state index in [1.54, 1.807) is 12.1 Å². The van der Waals surface area contributed by atoms with Crippen LogP contribution in [-0.2, 0) is 0 Å². The fourth-order valence-corrected chi connectivity index (χ4v) is 1.63. The maximum absolute atomic E-state index is 13.4. The van der Waals surface area contributed by atoms with E-state index in [0.717, 1.165) is 6.07 Å². The average molecular weight is 273 g/mol. The first kappa shape index (κ1) is 12.9. The van der Waals surface area contributed by atoms with Crippen molar-refractivity contribution in [2.45, 2.75) is 0 Å². The Balaban J connectivity index is 2.35. The summed E-state index contributed by atoms with van der Waals surface area (Å²) in [6, 6.07) is 12.1. The molecular weight excluding hydrogens is 267 g/mol. The molecule has 0 saturated heterocycles. The minimum absolute atomic E-state index is 0.0658. The number of halogens is 2. The first-order valence-electron chi connectivity index (χ1n) is 5.21. The lowest BCUT2D eigenvalue weighted by atomic mass is 10.2. The van der Waals surface area contributed by atoms with Crippen molar-refractivity contribution in [3.8, 4) is 23.6 Å². The van der Waals surface area contributed by atoms with E-state index < -0.39 is 5.82 Å². The SMILES string of the molecule is N#Cc1ccc(Oc2ccc(Cl)cc2C#N)cc1F. The minimum Gasteiger partial charge on any atom is -0.456 e. The Kier molecular flexibility index (Phi) is 3.66. The fourth-order valence-electron chi connectivity index (χ4n) is 1.46. The summed E-state index contributed by atoms with van der Waals surface area (Å²) in [5.41, 5.74) is 0.182. The summed E-state index contributed by atoms with van der Waals surface area (Å²) in [6.45, 7) is 0. The fraction of sp³-hybridized carbons (Fsp3) is 0. The Hall–Kier alpha value is -2.56. The second-order valence-electron chi connectivity index (χ2n) is 3.61. The van der Waals surface area contributed by atoms with Crippen LogP contribution in [0.2, 0.25) is 5.02 Å². The molecular formula is C14H6ClFN2O. The van der Waals surface area contributed by atoms with E-state index in [1.165, 1.54) is 24.3 Å². The third-order valence-electron chi connectivity index (χ3n) is 2.35. The largest absolute Gasteiger partial charge is 0.456 e. The first-order valence-corrected chi connectivity index (χ1v) is 5.59. The van der Waals surface area contributed by atoms with Gasteiger partial charge in [0.2, 0.25) is 0 Å². The van der Waals surface area contributed by atoms with Crippen molar-refractivity contribution in [3.63, 3.8) is 0 Å². The van der Waals surface area contributed by atoms with Crippen molar-refractivity contribution in [3.05, 3.63) is 58.4 Å². The van der Waals surface area contributed by atoms with Crippen molar-refractivity contribution in [2.24, 2.45) is 0 Å². The number of hydrogen-bond donors (Lipinski definition) is 0. The van der Waals surface area contributed by atoms with E-state index in [0.29, 0.717) is 5.02 Å². The Morgan fingerprint density at radius 1 is 1.00 bits per heavy atom. The molecule has 0 saturated carbocycles. The zero-order valence-electron chi connectivity index (χ0n) is 9.52. The van der Waals surface area contributed by atoms with Crippen LogP contribution in [0.15, 0.2) is 36.4 Å². The first-order chi connectivity index (χ1) is 9.13. The lowest BCUT2D eigenvalue weighted by Gasteiger charge is -2.08. The van der Waals surface area contributed by atoms with Gasteiger partial charge in [0.1, 0.15) is 29.5 Å². The molecule has 0 aromatic heterocycles. The van der Waals surface area contributed by atoms with Gasteiger partial charge in [0.15, 0.2) is 0 Å². The third kappa shape index (κ3) is 2.82. The summed E-state index contributed by atoms with van der Waals surface area (Å²) in [7, 11) is 0. The molecule has 2 aromatic rings. The van der Waals surface area contributed by atoms with Crippen LogP contribution in [0.25, 0.3) is 0 Å². The van der Waals surface area contributed by atoms with Gasteiger partial charge in [0, 0.05) is 11.1 Å². The predicted octanol–water partition coefficient (Wildman–Crippen LogP) is 4.01. The molecule has 0 heterocycles. The highest BCUT2D eigenvalue weighted by Crippen LogP contribution is 2.28. The van der Waals surface area contributed by atoms with Crippen LogP contribution in [0.4, 0.5) is 4.39 Å². The smallest absolute Gasteiger partial charge is 0.145 e. The van der Waals surface area contributed by atoms with Gasteiger partial charge in [-0.3, -0.25) is 0 Å². The van der Waals surface area contributed by atoms with E-state index in [9.17, 15) is 4.39 Å². The van der Waals surface area contributed by atoms with E-state index in [4.69, 9.17) is 26.9 Å². The summed E-state index contributed by atoms with van der Waals surface area (Å²) in [5.74, 6) is -0.196. The maximum atomic E-state index is 13.4. The quantitative estimate of drug-likeness (QED) is 0.830. The molecule has 0 fully saturated rings. The highest BCUT2D eigenvalue weighted by Gasteiger charge is 2.08. The Bertz CT molecular complexity index is 716. The van der Waals surface area contributed by atoms with Gasteiger partial charge in [-0.15, -0.1) is 0 Å². The second-order valence-corrected chi connectivity index (χ2v) is 4.04. The number of rotatable bonds is 2. The van der Waals surface area contributed by atoms with Gasteiger partial charge >= 0.3 is 0 Å². The van der Waals surface area contributed by atoms with Crippen molar-refractivity contribution >= 4 is 11.6 Å². The van der Waals surface area contributed by atoms with Crippen LogP contribution < -0.4 is 4.74 Å². The van der Waals surface area contributed by atoms with E-state index in [2.05, 4.69) is 0 Å². The zero-order valence-corrected chi connectivity index (χ0v) is 10.3. The molecule has 0 aliphatic heterocycles. The highest BCUT2D eigenvalue weighted by atomic mass is 35.5. The topological polar surface area (TPSA) is 56.8 Å². The highest BCUT2D eigenvalue weighted by molar-refractivity contribution is 6.30. The van der Waals surface area contributed by atoms with Gasteiger partial charge in [0.05, 0.1) is 11.1 Å². The zero-order chi connectivity index (χ0) is 13.8. The van der Waals surface area contributed by atoms with Crippen LogP contribution in [0.1, 0.15) is 11.1 Å². The summed E-state index contributed by atoms with van der Waals surface area (Å²) in [5, 5.41) is 18.0. The number of benzene rings is 2. The molecule has 2 aromatic carbocycles. The second kappa shape index (κ2) is 5.39. The maximum Gasteiger partial charge on any atom is 0.145 e. The number of nitrogens with zero attached hydrogens (tertiary/aromatic N) is 2. The molecule has 0 radical (unpaired) electrons. The molecule has 0 spiro atoms. The number of hydrogen-bond acceptors (Lipinski definition) is 3. The van der Waals surface area contributed by atoms with Gasteiger partial charge < -0.3 is 4.74 Å². The molecule has 0 unspecified atom stereocenters. The normalized spacial score (nSPS) is 9.47. The van der Waals surface area contributed by atoms with Gasteiger partial charge in [-0.1, -0.05) is 11.6 Å². The molecule has 0 amide bonds. The summed E-state index contributed by atoms with van der Waals surface area (Å²) >= 11 is 5.76. The summed E-state index contributed by atoms with van der Waals surface area (Å²) in [4.78, 5) is 0. The van der Waals surface area contributed by atoms with Crippen molar-refractivity contribution < 1.29 is 9.13 Å². The van der Waals surface area contributed by atoms with Gasteiger partial charge in [-0.2, -0.15) is 10.5 Å². The predicted molar refractivity (Wildman–Crippen MR) is 67.4 cm³/mol. The number of ether oxygens (including phenoxy) is 1. The van der Waals surface area contributed by atoms with Crippen LogP contribution in [0, 0.1) is 28.5 Å². The molecule has 5 heteroatoms. The molecule has 0 aliphatic carbocycles. The van der Waals surface area contributed by atoms with Crippen LogP contribution in [-0.4, -0.2) is 0 Å². The molecule has 0 aliphatic rings. The van der Waals surface area contributed by atoms with E-state index >= 15 is 0 Å². The lowest BCUT2D eigenvalue weighted by Crippen LogP contribution is -1.90. The third-order valence-corrected chi connectivity index (χ3v) is 2.59. The molecule has 92 valence electrons. The summed E-state index contributed by atoms with van der Waals surface area (Å²) < 4.78 is 18.8. The average Bonchev–Trinajstić information content (AvgIpc) is 2.41. The monoisotopic (exact) mass is 272 g/mol. The van der Waals surface area contributed by atoms with Gasteiger partial charge in [-0.25, -0.2) is 4.39 Å². The van der Waals surface area contributed by atoms with E-state index in [1.807, 2.05) is 6.07 Å². The molecule has 0 bridgehead atoms. The molecule has 19 heavy (non-hydrogen) atoms. The van der Waals surface area contributed by atoms with Gasteiger partial charge in [-0.05, 0) is 30.3 Å². The minimum atomic E-state index is -0.674. The Morgan fingerprint density at radius 2 is 1.74 bits per heavy atom.